The van der Waals surface area contributed by atoms with Gasteiger partial charge < -0.3 is 5.73 Å². The molecule has 0 aliphatic carbocycles. The van der Waals surface area contributed by atoms with Gasteiger partial charge >= 0.3 is 0 Å². The number of benzene rings is 2. The average molecular weight is 300 g/mol. The summed E-state index contributed by atoms with van der Waals surface area (Å²) in [5.74, 6) is -1.20. The summed E-state index contributed by atoms with van der Waals surface area (Å²) in [6.07, 6.45) is 0. The van der Waals surface area contributed by atoms with Crippen LogP contribution in [0.2, 0.25) is 5.02 Å². The molecule has 2 aromatic rings. The van der Waals surface area contributed by atoms with E-state index in [4.69, 9.17) is 17.3 Å². The van der Waals surface area contributed by atoms with Gasteiger partial charge in [0.05, 0.1) is 21.4 Å². The Bertz CT molecular complexity index is 716. The third-order valence-electron chi connectivity index (χ3n) is 2.63. The molecule has 0 saturated heterocycles. The summed E-state index contributed by atoms with van der Waals surface area (Å²) in [4.78, 5) is -0.00521. The van der Waals surface area contributed by atoms with E-state index in [0.29, 0.717) is 0 Å². The Balaban J connectivity index is 2.43. The Kier molecular flexibility index (Phi) is 3.78. The first kappa shape index (κ1) is 13.8. The minimum Gasteiger partial charge on any atom is -0.398 e. The molecule has 2 rings (SSSR count). The van der Waals surface area contributed by atoms with Crippen molar-refractivity contribution in [2.24, 2.45) is 0 Å². The van der Waals surface area contributed by atoms with Gasteiger partial charge in [0.2, 0.25) is 0 Å². The van der Waals surface area contributed by atoms with Crippen molar-refractivity contribution < 1.29 is 12.8 Å². The molecular weight excluding hydrogens is 289 g/mol. The Morgan fingerprint density at radius 3 is 2.47 bits per heavy atom. The van der Waals surface area contributed by atoms with Gasteiger partial charge in [0.15, 0.2) is 9.84 Å². The van der Waals surface area contributed by atoms with E-state index in [1.54, 1.807) is 12.1 Å². The van der Waals surface area contributed by atoms with Gasteiger partial charge in [-0.05, 0) is 18.2 Å². The Morgan fingerprint density at radius 2 is 1.79 bits per heavy atom. The maximum absolute atomic E-state index is 13.7. The number of hydrogen-bond acceptors (Lipinski definition) is 3. The first-order chi connectivity index (χ1) is 8.92. The van der Waals surface area contributed by atoms with Gasteiger partial charge in [-0.15, -0.1) is 0 Å². The minimum atomic E-state index is -3.71. The topological polar surface area (TPSA) is 60.2 Å². The number of nitrogens with two attached hydrogens (primary N) is 1. The average Bonchev–Trinajstić information content (AvgIpc) is 2.35. The summed E-state index contributed by atoms with van der Waals surface area (Å²) in [6.45, 7) is 0. The zero-order valence-electron chi connectivity index (χ0n) is 9.81. The van der Waals surface area contributed by atoms with Crippen molar-refractivity contribution in [2.45, 2.75) is 10.6 Å². The highest BCUT2D eigenvalue weighted by Gasteiger charge is 2.20. The van der Waals surface area contributed by atoms with Gasteiger partial charge in [-0.3, -0.25) is 0 Å². The Labute approximate surface area is 115 Å². The van der Waals surface area contributed by atoms with Crippen LogP contribution >= 0.6 is 11.6 Å². The number of nitrogen functional groups attached to an aromatic ring is 1. The molecular formula is C13H11ClFNO2S. The lowest BCUT2D eigenvalue weighted by molar-refractivity contribution is 0.587. The fourth-order valence-corrected chi connectivity index (χ4v) is 3.40. The Hall–Kier alpha value is -1.59. The zero-order valence-corrected chi connectivity index (χ0v) is 11.4. The van der Waals surface area contributed by atoms with Crippen molar-refractivity contribution in [1.82, 2.24) is 0 Å². The Morgan fingerprint density at radius 1 is 1.11 bits per heavy atom. The van der Waals surface area contributed by atoms with E-state index >= 15 is 0 Å². The highest BCUT2D eigenvalue weighted by atomic mass is 35.5. The predicted octanol–water partition coefficient (Wildman–Crippen LogP) is 3.04. The van der Waals surface area contributed by atoms with Crippen LogP contribution in [0.15, 0.2) is 47.4 Å². The molecule has 0 aliphatic heterocycles. The summed E-state index contributed by atoms with van der Waals surface area (Å²) in [5.41, 5.74) is 5.80. The second kappa shape index (κ2) is 5.19. The molecule has 0 unspecified atom stereocenters. The third kappa shape index (κ3) is 2.88. The second-order valence-corrected chi connectivity index (χ2v) is 6.38. The smallest absolute Gasteiger partial charge is 0.184 e. The third-order valence-corrected chi connectivity index (χ3v) is 4.66. The standard InChI is InChI=1S/C13H11ClFNO2S/c14-10-5-3-4-9(13(10)15)8-19(17,18)12-7-2-1-6-11(12)16/h1-7H,8,16H2. The number of para-hydroxylation sites is 1. The van der Waals surface area contributed by atoms with Crippen LogP contribution in [0, 0.1) is 5.82 Å². The van der Waals surface area contributed by atoms with E-state index in [2.05, 4.69) is 0 Å². The number of rotatable bonds is 3. The molecule has 0 spiro atoms. The van der Waals surface area contributed by atoms with Crippen LogP contribution in [-0.4, -0.2) is 8.42 Å². The van der Waals surface area contributed by atoms with Crippen LogP contribution in [-0.2, 0) is 15.6 Å². The summed E-state index contributed by atoms with van der Waals surface area (Å²) in [6, 6.07) is 10.3. The van der Waals surface area contributed by atoms with Crippen molar-refractivity contribution >= 4 is 27.1 Å². The molecule has 0 atom stereocenters. The van der Waals surface area contributed by atoms with Gasteiger partial charge in [-0.2, -0.15) is 0 Å². The second-order valence-electron chi connectivity index (χ2n) is 4.01. The normalized spacial score (nSPS) is 11.5. The lowest BCUT2D eigenvalue weighted by Crippen LogP contribution is -2.09. The molecule has 2 aromatic carbocycles. The van der Waals surface area contributed by atoms with E-state index < -0.39 is 21.4 Å². The summed E-state index contributed by atoms with van der Waals surface area (Å²) in [5, 5.41) is -0.103. The molecule has 0 saturated carbocycles. The number of halogens is 2. The van der Waals surface area contributed by atoms with Gasteiger partial charge in [-0.1, -0.05) is 35.9 Å². The number of hydrogen-bond donors (Lipinski definition) is 1. The van der Waals surface area contributed by atoms with E-state index in [9.17, 15) is 12.8 Å². The maximum atomic E-state index is 13.7. The van der Waals surface area contributed by atoms with Gasteiger partial charge in [0.25, 0.3) is 0 Å². The molecule has 0 aromatic heterocycles. The van der Waals surface area contributed by atoms with Crippen molar-refractivity contribution in [3.63, 3.8) is 0 Å². The number of anilines is 1. The molecule has 100 valence electrons. The van der Waals surface area contributed by atoms with E-state index in [1.165, 1.54) is 30.3 Å². The van der Waals surface area contributed by atoms with Crippen LogP contribution in [0.5, 0.6) is 0 Å². The summed E-state index contributed by atoms with van der Waals surface area (Å²) >= 11 is 5.63. The van der Waals surface area contributed by atoms with E-state index in [0.717, 1.165) is 0 Å². The highest BCUT2D eigenvalue weighted by Crippen LogP contribution is 2.25. The highest BCUT2D eigenvalue weighted by molar-refractivity contribution is 7.90. The minimum absolute atomic E-state index is 0.00521. The molecule has 0 radical (unpaired) electrons. The van der Waals surface area contributed by atoms with E-state index in [-0.39, 0.29) is 21.2 Å². The molecule has 2 N–H and O–H groups in total. The first-order valence-electron chi connectivity index (χ1n) is 5.42. The van der Waals surface area contributed by atoms with Crippen LogP contribution < -0.4 is 5.73 Å². The van der Waals surface area contributed by atoms with Crippen LogP contribution in [0.1, 0.15) is 5.56 Å². The molecule has 0 heterocycles. The monoisotopic (exact) mass is 299 g/mol. The largest absolute Gasteiger partial charge is 0.398 e. The van der Waals surface area contributed by atoms with Crippen molar-refractivity contribution in [3.8, 4) is 0 Å². The van der Waals surface area contributed by atoms with Crippen molar-refractivity contribution in [1.29, 1.82) is 0 Å². The quantitative estimate of drug-likeness (QED) is 0.886. The fraction of sp³-hybridized carbons (Fsp3) is 0.0769. The van der Waals surface area contributed by atoms with Crippen LogP contribution in [0.4, 0.5) is 10.1 Å². The van der Waals surface area contributed by atoms with Gasteiger partial charge in [0, 0.05) is 5.56 Å². The fourth-order valence-electron chi connectivity index (χ4n) is 1.71. The SMILES string of the molecule is Nc1ccccc1S(=O)(=O)Cc1cccc(Cl)c1F. The van der Waals surface area contributed by atoms with Gasteiger partial charge in [-0.25, -0.2) is 12.8 Å². The van der Waals surface area contributed by atoms with Crippen LogP contribution in [0.25, 0.3) is 0 Å². The summed E-state index contributed by atoms with van der Waals surface area (Å²) in [7, 11) is -3.71. The molecule has 0 amide bonds. The molecule has 0 aliphatic rings. The molecule has 19 heavy (non-hydrogen) atoms. The van der Waals surface area contributed by atoms with E-state index in [1.807, 2.05) is 0 Å². The molecule has 0 fully saturated rings. The lowest BCUT2D eigenvalue weighted by atomic mass is 10.2. The lowest BCUT2D eigenvalue weighted by Gasteiger charge is -2.08. The molecule has 6 heteroatoms. The predicted molar refractivity (Wildman–Crippen MR) is 73.2 cm³/mol. The summed E-state index contributed by atoms with van der Waals surface area (Å²) < 4.78 is 38.1. The molecule has 0 bridgehead atoms. The first-order valence-corrected chi connectivity index (χ1v) is 7.45. The van der Waals surface area contributed by atoms with Crippen LogP contribution in [0.3, 0.4) is 0 Å². The van der Waals surface area contributed by atoms with Crippen molar-refractivity contribution in [2.75, 3.05) is 5.73 Å². The van der Waals surface area contributed by atoms with Gasteiger partial charge in [0.1, 0.15) is 5.82 Å². The number of sulfone groups is 1. The zero-order chi connectivity index (χ0) is 14.0. The maximum Gasteiger partial charge on any atom is 0.184 e. The van der Waals surface area contributed by atoms with Crippen molar-refractivity contribution in [3.05, 3.63) is 58.9 Å². The molecule has 3 nitrogen and oxygen atoms in total.